The lowest BCUT2D eigenvalue weighted by Gasteiger charge is -2.21. The number of benzene rings is 1. The van der Waals surface area contributed by atoms with Crippen molar-refractivity contribution in [2.75, 3.05) is 19.9 Å². The molecule has 0 aliphatic rings. The summed E-state index contributed by atoms with van der Waals surface area (Å²) in [6.45, 7) is 8.40. The number of hydrogen-bond acceptors (Lipinski definition) is 8. The van der Waals surface area contributed by atoms with Gasteiger partial charge in [0.1, 0.15) is 0 Å². The number of nitrogens with one attached hydrogen (secondary N) is 3. The number of ether oxygens (including phenoxy) is 2. The van der Waals surface area contributed by atoms with Crippen LogP contribution in [0.4, 0.5) is 10.5 Å². The molecule has 0 saturated carbocycles. The van der Waals surface area contributed by atoms with E-state index in [9.17, 15) is 24.3 Å². The number of aromatic nitrogens is 1. The molecule has 14 nitrogen and oxygen atoms in total. The quantitative estimate of drug-likeness (QED) is 0.104. The molecule has 2 rings (SSSR count). The van der Waals surface area contributed by atoms with Crippen molar-refractivity contribution < 1.29 is 33.8 Å². The molecule has 222 valence electrons. The molecule has 6 N–H and O–H groups in total. The van der Waals surface area contributed by atoms with Crippen molar-refractivity contribution in [2.24, 2.45) is 15.7 Å². The highest BCUT2D eigenvalue weighted by molar-refractivity contribution is 6.09. The molecule has 0 fully saturated rings. The molecule has 4 amide bonds. The summed E-state index contributed by atoms with van der Waals surface area (Å²) >= 11 is 0. The zero-order valence-electron chi connectivity index (χ0n) is 23.8. The van der Waals surface area contributed by atoms with Gasteiger partial charge in [-0.15, -0.1) is 0 Å². The first-order valence-corrected chi connectivity index (χ1v) is 13.0. The number of amides is 4. The molecule has 41 heavy (non-hydrogen) atoms. The van der Waals surface area contributed by atoms with Crippen molar-refractivity contribution in [3.63, 3.8) is 0 Å². The molecule has 2 unspecified atom stereocenters. The van der Waals surface area contributed by atoms with Gasteiger partial charge in [-0.2, -0.15) is 0 Å². The number of nitrogens with two attached hydrogens (primary N) is 1. The van der Waals surface area contributed by atoms with Gasteiger partial charge in [-0.1, -0.05) is 13.0 Å². The molecule has 0 saturated heterocycles. The molecule has 2 atom stereocenters. The van der Waals surface area contributed by atoms with Crippen LogP contribution in [0.5, 0.6) is 0 Å². The summed E-state index contributed by atoms with van der Waals surface area (Å²) in [5, 5.41) is 14.9. The first kappa shape index (κ1) is 32.7. The number of aryl methyl sites for hydroxylation is 1. The second kappa shape index (κ2) is 15.9. The second-order valence-electron chi connectivity index (χ2n) is 8.88. The lowest BCUT2D eigenvalue weighted by atomic mass is 10.1. The number of nitrogens with zero attached hydrogens (tertiary/aromatic N) is 3. The Bertz CT molecular complexity index is 1290. The van der Waals surface area contributed by atoms with Gasteiger partial charge in [-0.25, -0.2) is 19.7 Å². The molecule has 0 aliphatic heterocycles. The third-order valence-corrected chi connectivity index (χ3v) is 5.99. The van der Waals surface area contributed by atoms with E-state index in [1.165, 1.54) is 13.1 Å². The van der Waals surface area contributed by atoms with E-state index in [-0.39, 0.29) is 23.9 Å². The smallest absolute Gasteiger partial charge is 0.418 e. The van der Waals surface area contributed by atoms with Crippen molar-refractivity contribution in [3.05, 3.63) is 52.3 Å². The molecule has 0 bridgehead atoms. The van der Waals surface area contributed by atoms with Crippen molar-refractivity contribution in [1.82, 2.24) is 20.5 Å². The van der Waals surface area contributed by atoms with E-state index in [1.807, 2.05) is 13.8 Å². The van der Waals surface area contributed by atoms with Crippen LogP contribution in [0, 0.1) is 13.8 Å². The highest BCUT2D eigenvalue weighted by atomic mass is 16.7. The van der Waals surface area contributed by atoms with Gasteiger partial charge in [-0.3, -0.25) is 14.4 Å². The largest absolute Gasteiger partial charge is 0.422 e. The monoisotopic (exact) mass is 571 g/mol. The number of H-pyrrole nitrogens is 1. The van der Waals surface area contributed by atoms with E-state index >= 15 is 0 Å². The minimum absolute atomic E-state index is 0.0166. The summed E-state index contributed by atoms with van der Waals surface area (Å²) in [6.07, 6.45) is 1.25. The van der Waals surface area contributed by atoms with Crippen LogP contribution < -0.4 is 16.4 Å². The number of carbonyl (C=O) groups is 4. The number of hydrogen-bond donors (Lipinski definition) is 5. The molecule has 1 aromatic carbocycles. The molecule has 14 heteroatoms. The van der Waals surface area contributed by atoms with Gasteiger partial charge in [-0.05, 0) is 57.4 Å². The van der Waals surface area contributed by atoms with Crippen LogP contribution in [0.25, 0.3) is 0 Å². The molecule has 0 spiro atoms. The molecular formula is C27H37N7O7. The van der Waals surface area contributed by atoms with Gasteiger partial charge in [0.25, 0.3) is 11.8 Å². The van der Waals surface area contributed by atoms with Gasteiger partial charge in [0, 0.05) is 24.8 Å². The summed E-state index contributed by atoms with van der Waals surface area (Å²) in [5.74, 6) is -0.727. The fourth-order valence-corrected chi connectivity index (χ4v) is 3.56. The Morgan fingerprint density at radius 1 is 1.24 bits per heavy atom. The number of carbonyl (C=O) groups excluding carboxylic acids is 4. The molecule has 1 aromatic heterocycles. The van der Waals surface area contributed by atoms with Crippen LogP contribution in [0.15, 0.2) is 34.4 Å². The lowest BCUT2D eigenvalue weighted by Crippen LogP contribution is -2.40. The van der Waals surface area contributed by atoms with E-state index in [2.05, 4.69) is 25.6 Å². The van der Waals surface area contributed by atoms with Crippen molar-refractivity contribution in [3.8, 4) is 0 Å². The third kappa shape index (κ3) is 8.71. The Morgan fingerprint density at radius 2 is 1.98 bits per heavy atom. The fourth-order valence-electron chi connectivity index (χ4n) is 3.56. The maximum Gasteiger partial charge on any atom is 0.418 e. The van der Waals surface area contributed by atoms with Crippen LogP contribution in [0.1, 0.15) is 64.7 Å². The number of aromatic amines is 1. The van der Waals surface area contributed by atoms with Crippen molar-refractivity contribution >= 4 is 42.2 Å². The van der Waals surface area contributed by atoms with E-state index in [0.717, 1.165) is 23.2 Å². The highest BCUT2D eigenvalue weighted by Gasteiger charge is 2.27. The van der Waals surface area contributed by atoms with Crippen LogP contribution in [-0.4, -0.2) is 83.7 Å². The van der Waals surface area contributed by atoms with E-state index in [1.54, 1.807) is 32.0 Å². The topological polar surface area (TPSA) is 201 Å². The number of aliphatic hydroxyl groups excluding tert-OH is 1. The minimum atomic E-state index is -1.43. The Labute approximate surface area is 238 Å². The summed E-state index contributed by atoms with van der Waals surface area (Å²) in [5.41, 5.74) is 8.26. The van der Waals surface area contributed by atoms with E-state index < -0.39 is 31.1 Å². The number of amidine groups is 1. The Hall–Kier alpha value is -4.56. The zero-order valence-corrected chi connectivity index (χ0v) is 23.8. The Balaban J connectivity index is 2.28. The maximum atomic E-state index is 13.3. The molecule has 0 radical (unpaired) electrons. The molecule has 1 heterocycles. The van der Waals surface area contributed by atoms with Gasteiger partial charge in [0.05, 0.1) is 29.3 Å². The Morgan fingerprint density at radius 3 is 2.61 bits per heavy atom. The summed E-state index contributed by atoms with van der Waals surface area (Å²) < 4.78 is 9.96. The van der Waals surface area contributed by atoms with Gasteiger partial charge in [0.15, 0.2) is 18.9 Å². The fraction of sp³-hybridized carbons (Fsp3) is 0.407. The summed E-state index contributed by atoms with van der Waals surface area (Å²) in [6, 6.07) is 4.37. The molecule has 2 aromatic rings. The number of aliphatic imine (C=N–C) groups is 2. The molecule has 0 aliphatic carbocycles. The average Bonchev–Trinajstić information content (AvgIpc) is 3.33. The first-order chi connectivity index (χ1) is 19.6. The second-order valence-corrected chi connectivity index (χ2v) is 8.88. The zero-order chi connectivity index (χ0) is 30.5. The first-order valence-electron chi connectivity index (χ1n) is 13.0. The van der Waals surface area contributed by atoms with E-state index in [4.69, 9.17) is 15.2 Å². The third-order valence-electron chi connectivity index (χ3n) is 5.99. The average molecular weight is 572 g/mol. The van der Waals surface area contributed by atoms with Gasteiger partial charge < -0.3 is 35.9 Å². The number of rotatable bonds is 13. The van der Waals surface area contributed by atoms with Crippen LogP contribution in [0.3, 0.4) is 0 Å². The normalized spacial score (nSPS) is 13.0. The highest BCUT2D eigenvalue weighted by Crippen LogP contribution is 2.24. The maximum absolute atomic E-state index is 13.3. The summed E-state index contributed by atoms with van der Waals surface area (Å²) in [4.78, 5) is 61.4. The van der Waals surface area contributed by atoms with Crippen molar-refractivity contribution in [2.45, 2.75) is 53.4 Å². The summed E-state index contributed by atoms with van der Waals surface area (Å²) in [7, 11) is 0. The van der Waals surface area contributed by atoms with Crippen molar-refractivity contribution in [1.29, 1.82) is 0 Å². The number of aliphatic hydroxyl groups is 1. The predicted octanol–water partition coefficient (Wildman–Crippen LogP) is 1.86. The van der Waals surface area contributed by atoms with Gasteiger partial charge in [0.2, 0.25) is 6.41 Å². The number of imide groups is 1. The van der Waals surface area contributed by atoms with Gasteiger partial charge >= 0.3 is 6.09 Å². The Kier molecular flexibility index (Phi) is 12.7. The van der Waals surface area contributed by atoms with E-state index in [0.29, 0.717) is 35.5 Å². The van der Waals surface area contributed by atoms with Crippen LogP contribution in [-0.2, 0) is 14.3 Å². The van der Waals surface area contributed by atoms with Crippen LogP contribution >= 0.6 is 0 Å². The minimum Gasteiger partial charge on any atom is -0.422 e. The molecular weight excluding hydrogens is 534 g/mol. The lowest BCUT2D eigenvalue weighted by molar-refractivity contribution is -0.166. The standard InChI is InChI=1S/C27H37N7O7/c1-6-10-29-24(36)19-9-8-16(3)21(11-19)33-23(31-13-28)22-17(4)20(12-30-22)25(37)34(7-2)27(39)41-15-40-26(38)18(5)32-14-35/h8-9,11-14,18,26,30,38H,6-7,10,15H2,1-5H3,(H,29,36)(H,32,35)(H2,28,31,33). The SMILES string of the molecule is CCCNC(=O)c1ccc(C)c(N=C(N=CN)c2[nH]cc(C(=O)N(CC)C(=O)OCOC(O)C(C)NC=O)c2C)c1. The van der Waals surface area contributed by atoms with Crippen LogP contribution in [0.2, 0.25) is 0 Å². The predicted molar refractivity (Wildman–Crippen MR) is 152 cm³/mol.